The molecule has 0 bridgehead atoms. The van der Waals surface area contributed by atoms with Gasteiger partial charge in [-0.1, -0.05) is 219 Å². The first-order chi connectivity index (χ1) is 33.1. The van der Waals surface area contributed by atoms with Crippen molar-refractivity contribution in [1.29, 1.82) is 0 Å². The van der Waals surface area contributed by atoms with Gasteiger partial charge in [-0.05, 0) is 138 Å². The summed E-state index contributed by atoms with van der Waals surface area (Å²) in [5, 5.41) is 5.42. The van der Waals surface area contributed by atoms with Crippen molar-refractivity contribution in [3.05, 3.63) is 286 Å². The molecule has 67 heavy (non-hydrogen) atoms. The van der Waals surface area contributed by atoms with Crippen molar-refractivity contribution in [3.63, 3.8) is 0 Å². The van der Waals surface area contributed by atoms with Gasteiger partial charge in [0.15, 0.2) is 0 Å². The molecule has 1 aromatic heterocycles. The highest BCUT2D eigenvalue weighted by molar-refractivity contribution is 7.25. The summed E-state index contributed by atoms with van der Waals surface area (Å²) in [5.74, 6) is 0.843. The Balaban J connectivity index is 0.996. The fourth-order valence-corrected chi connectivity index (χ4v) is 13.5. The SMILES string of the molecule is CC(c1ccc2c(c1)C(c1ccccc1)(c1ccccc1)c1cc(CCC3c4ccccc4-c4ccccc43)c3ccccc3c1-2)C(Cc1ccccc1)c1ccc2sc3ccccc3c2c1. The summed E-state index contributed by atoms with van der Waals surface area (Å²) in [7, 11) is 0. The van der Waals surface area contributed by atoms with Gasteiger partial charge in [-0.15, -0.1) is 11.3 Å². The maximum absolute atomic E-state index is 2.63. The number of benzene rings is 10. The van der Waals surface area contributed by atoms with Crippen molar-refractivity contribution in [1.82, 2.24) is 0 Å². The van der Waals surface area contributed by atoms with Gasteiger partial charge in [0.05, 0.1) is 5.41 Å². The van der Waals surface area contributed by atoms with Crippen LogP contribution in [-0.2, 0) is 18.3 Å². The molecule has 0 amide bonds. The van der Waals surface area contributed by atoms with E-state index < -0.39 is 5.41 Å². The predicted octanol–water partition coefficient (Wildman–Crippen LogP) is 17.4. The second-order valence-corrected chi connectivity index (χ2v) is 20.1. The van der Waals surface area contributed by atoms with Crippen LogP contribution in [0.5, 0.6) is 0 Å². The second kappa shape index (κ2) is 16.2. The van der Waals surface area contributed by atoms with Gasteiger partial charge in [-0.3, -0.25) is 0 Å². The van der Waals surface area contributed by atoms with Crippen LogP contribution < -0.4 is 0 Å². The zero-order valence-electron chi connectivity index (χ0n) is 37.7. The van der Waals surface area contributed by atoms with Gasteiger partial charge < -0.3 is 0 Å². The van der Waals surface area contributed by atoms with E-state index in [9.17, 15) is 0 Å². The highest BCUT2D eigenvalue weighted by Crippen LogP contribution is 2.59. The summed E-state index contributed by atoms with van der Waals surface area (Å²) in [5.41, 5.74) is 18.8. The van der Waals surface area contributed by atoms with Crippen molar-refractivity contribution in [2.24, 2.45) is 0 Å². The van der Waals surface area contributed by atoms with E-state index in [2.05, 4.69) is 237 Å². The van der Waals surface area contributed by atoms with Crippen molar-refractivity contribution in [2.75, 3.05) is 0 Å². The third-order valence-corrected chi connectivity index (χ3v) is 16.7. The van der Waals surface area contributed by atoms with E-state index in [1.807, 2.05) is 11.3 Å². The molecule has 2 unspecified atom stereocenters. The van der Waals surface area contributed by atoms with Gasteiger partial charge in [0, 0.05) is 26.1 Å². The first kappa shape index (κ1) is 40.0. The van der Waals surface area contributed by atoms with E-state index in [4.69, 9.17) is 0 Å². The molecule has 11 aromatic rings. The Morgan fingerprint density at radius 1 is 0.448 bits per heavy atom. The lowest BCUT2D eigenvalue weighted by Crippen LogP contribution is -2.29. The van der Waals surface area contributed by atoms with E-state index in [0.717, 1.165) is 19.3 Å². The Bertz CT molecular complexity index is 3550. The minimum absolute atomic E-state index is 0.227. The zero-order valence-corrected chi connectivity index (χ0v) is 38.5. The molecule has 0 N–H and O–H groups in total. The van der Waals surface area contributed by atoms with Crippen molar-refractivity contribution in [3.8, 4) is 22.3 Å². The quantitative estimate of drug-likeness (QED) is 0.128. The molecule has 1 heterocycles. The molecule has 0 fully saturated rings. The molecule has 320 valence electrons. The molecular weight excluding hydrogens is 825 g/mol. The summed E-state index contributed by atoms with van der Waals surface area (Å²) in [6.07, 6.45) is 2.98. The molecule has 0 radical (unpaired) electrons. The topological polar surface area (TPSA) is 0 Å². The Labute approximate surface area is 397 Å². The molecule has 0 saturated carbocycles. The van der Waals surface area contributed by atoms with Crippen molar-refractivity contribution >= 4 is 42.3 Å². The molecular formula is C66H50S. The maximum atomic E-state index is 2.63. The van der Waals surface area contributed by atoms with E-state index in [0.29, 0.717) is 5.92 Å². The molecule has 10 aromatic carbocycles. The molecule has 0 saturated heterocycles. The van der Waals surface area contributed by atoms with Gasteiger partial charge in [0.25, 0.3) is 0 Å². The minimum Gasteiger partial charge on any atom is -0.135 e. The van der Waals surface area contributed by atoms with Gasteiger partial charge in [-0.2, -0.15) is 0 Å². The zero-order chi connectivity index (χ0) is 44.5. The van der Waals surface area contributed by atoms with Crippen LogP contribution in [-0.4, -0.2) is 0 Å². The van der Waals surface area contributed by atoms with Crippen LogP contribution in [0.2, 0.25) is 0 Å². The lowest BCUT2D eigenvalue weighted by atomic mass is 9.66. The summed E-state index contributed by atoms with van der Waals surface area (Å²) in [6.45, 7) is 2.48. The number of hydrogen-bond donors (Lipinski definition) is 0. The normalized spacial score (nSPS) is 14.5. The van der Waals surface area contributed by atoms with Crippen LogP contribution in [0, 0.1) is 0 Å². The van der Waals surface area contributed by atoms with Crippen molar-refractivity contribution < 1.29 is 0 Å². The van der Waals surface area contributed by atoms with Crippen LogP contribution in [0.3, 0.4) is 0 Å². The fraction of sp³-hybridized carbons (Fsp3) is 0.121. The Kier molecular flexibility index (Phi) is 9.69. The molecule has 1 heteroatoms. The van der Waals surface area contributed by atoms with Crippen LogP contribution in [0.1, 0.15) is 86.7 Å². The lowest BCUT2D eigenvalue weighted by Gasteiger charge is -2.35. The van der Waals surface area contributed by atoms with Gasteiger partial charge in [-0.25, -0.2) is 0 Å². The van der Waals surface area contributed by atoms with Gasteiger partial charge in [0.2, 0.25) is 0 Å². The molecule has 0 spiro atoms. The Morgan fingerprint density at radius 3 is 1.72 bits per heavy atom. The standard InChI is InChI=1S/C66H50S/c1-43(59(39-44-19-5-2-6-20-44)46-35-38-64-60(40-46)56-30-17-18-32-63(56)67-64)45-33-37-58-61(41-45)66(48-21-7-3-8-22-48,49-23-9-4-10-24-49)62-42-47(50-25-11-16-31-57(50)65(58)62)34-36-55-53-28-14-12-26-51(53)52-27-13-15-29-54(52)55/h2-33,35,37-38,40-43,55,59H,34,36,39H2,1H3. The fourth-order valence-electron chi connectivity index (χ4n) is 12.5. The van der Waals surface area contributed by atoms with Crippen molar-refractivity contribution in [2.45, 2.75) is 49.4 Å². The highest BCUT2D eigenvalue weighted by atomic mass is 32.1. The molecule has 2 atom stereocenters. The van der Waals surface area contributed by atoms with E-state index in [1.165, 1.54) is 109 Å². The predicted molar refractivity (Wildman–Crippen MR) is 284 cm³/mol. The Morgan fingerprint density at radius 2 is 1.01 bits per heavy atom. The Hall–Kier alpha value is -7.32. The lowest BCUT2D eigenvalue weighted by molar-refractivity contribution is 0.572. The van der Waals surface area contributed by atoms with Crippen LogP contribution in [0.4, 0.5) is 0 Å². The maximum Gasteiger partial charge on any atom is 0.0713 e. The monoisotopic (exact) mass is 874 g/mol. The third kappa shape index (κ3) is 6.40. The average molecular weight is 875 g/mol. The number of aryl methyl sites for hydroxylation is 1. The van der Waals surface area contributed by atoms with E-state index in [1.54, 1.807) is 0 Å². The largest absolute Gasteiger partial charge is 0.135 e. The highest BCUT2D eigenvalue weighted by Gasteiger charge is 2.47. The first-order valence-corrected chi connectivity index (χ1v) is 24.9. The average Bonchev–Trinajstić information content (AvgIpc) is 4.03. The van der Waals surface area contributed by atoms with Gasteiger partial charge >= 0.3 is 0 Å². The molecule has 0 aliphatic heterocycles. The molecule has 13 rings (SSSR count). The van der Waals surface area contributed by atoms with E-state index in [-0.39, 0.29) is 11.8 Å². The smallest absolute Gasteiger partial charge is 0.0713 e. The summed E-state index contributed by atoms with van der Waals surface area (Å²) in [4.78, 5) is 0. The number of rotatable bonds is 10. The molecule has 0 nitrogen and oxygen atoms in total. The summed E-state index contributed by atoms with van der Waals surface area (Å²) >= 11 is 1.90. The summed E-state index contributed by atoms with van der Waals surface area (Å²) in [6, 6.07) is 87.8. The van der Waals surface area contributed by atoms with Crippen LogP contribution in [0.15, 0.2) is 231 Å². The number of fused-ring (bicyclic) bond motifs is 11. The second-order valence-electron chi connectivity index (χ2n) is 19.0. The van der Waals surface area contributed by atoms with Gasteiger partial charge in [0.1, 0.15) is 0 Å². The van der Waals surface area contributed by atoms with Crippen LogP contribution in [0.25, 0.3) is 53.2 Å². The first-order valence-electron chi connectivity index (χ1n) is 24.1. The number of hydrogen-bond acceptors (Lipinski definition) is 1. The van der Waals surface area contributed by atoms with Crippen LogP contribution >= 0.6 is 11.3 Å². The summed E-state index contributed by atoms with van der Waals surface area (Å²) < 4.78 is 2.70. The minimum atomic E-state index is -0.530. The molecule has 2 aliphatic rings. The third-order valence-electron chi connectivity index (χ3n) is 15.6. The number of thiophene rings is 1. The van der Waals surface area contributed by atoms with E-state index >= 15 is 0 Å². The molecule has 2 aliphatic carbocycles.